The van der Waals surface area contributed by atoms with Crippen LogP contribution in [0.1, 0.15) is 25.3 Å². The molecule has 3 N–H and O–H groups in total. The quantitative estimate of drug-likeness (QED) is 0.853. The average molecular weight is 283 g/mol. The molecule has 0 aromatic heterocycles. The number of carboxylic acid groups (broad SMARTS) is 1. The third-order valence-corrected chi connectivity index (χ3v) is 3.71. The van der Waals surface area contributed by atoms with Gasteiger partial charge < -0.3 is 10.8 Å². The van der Waals surface area contributed by atoms with E-state index in [4.69, 9.17) is 10.8 Å². The van der Waals surface area contributed by atoms with Crippen LogP contribution in [0.15, 0.2) is 54.6 Å². The van der Waals surface area contributed by atoms with Crippen molar-refractivity contribution in [3.8, 4) is 11.1 Å². The molecule has 0 saturated carbocycles. The average Bonchev–Trinajstić information content (AvgIpc) is 2.48. The SMILES string of the molecule is CC(N)(CCCc1ccc(-c2ccccc2)cc1)C(=O)O. The summed E-state index contributed by atoms with van der Waals surface area (Å²) in [5, 5.41) is 8.98. The molecular weight excluding hydrogens is 262 g/mol. The van der Waals surface area contributed by atoms with E-state index < -0.39 is 11.5 Å². The highest BCUT2D eigenvalue weighted by molar-refractivity contribution is 5.77. The van der Waals surface area contributed by atoms with Gasteiger partial charge in [0.05, 0.1) is 0 Å². The topological polar surface area (TPSA) is 63.3 Å². The molecule has 2 aromatic carbocycles. The summed E-state index contributed by atoms with van der Waals surface area (Å²) >= 11 is 0. The van der Waals surface area contributed by atoms with Crippen molar-refractivity contribution >= 4 is 5.97 Å². The molecule has 21 heavy (non-hydrogen) atoms. The Morgan fingerprint density at radius 1 is 1.05 bits per heavy atom. The molecule has 110 valence electrons. The predicted octanol–water partition coefficient (Wildman–Crippen LogP) is 3.48. The van der Waals surface area contributed by atoms with Gasteiger partial charge in [0.15, 0.2) is 0 Å². The van der Waals surface area contributed by atoms with Gasteiger partial charge in [-0.3, -0.25) is 4.79 Å². The van der Waals surface area contributed by atoms with E-state index >= 15 is 0 Å². The molecule has 0 fully saturated rings. The van der Waals surface area contributed by atoms with Gasteiger partial charge in [-0.1, -0.05) is 54.6 Å². The fourth-order valence-electron chi connectivity index (χ4n) is 2.26. The lowest BCUT2D eigenvalue weighted by Gasteiger charge is -2.18. The first-order valence-corrected chi connectivity index (χ1v) is 7.16. The number of rotatable bonds is 6. The number of hydrogen-bond acceptors (Lipinski definition) is 2. The van der Waals surface area contributed by atoms with Crippen LogP contribution in [0.25, 0.3) is 11.1 Å². The third-order valence-electron chi connectivity index (χ3n) is 3.71. The molecule has 0 amide bonds. The molecule has 3 nitrogen and oxygen atoms in total. The maximum Gasteiger partial charge on any atom is 0.323 e. The molecule has 0 aliphatic rings. The predicted molar refractivity (Wildman–Crippen MR) is 85.0 cm³/mol. The molecule has 0 aliphatic carbocycles. The Hall–Kier alpha value is -2.13. The number of benzene rings is 2. The van der Waals surface area contributed by atoms with Crippen molar-refractivity contribution in [2.45, 2.75) is 31.7 Å². The number of aryl methyl sites for hydroxylation is 1. The van der Waals surface area contributed by atoms with Crippen molar-refractivity contribution in [2.24, 2.45) is 5.73 Å². The van der Waals surface area contributed by atoms with Crippen molar-refractivity contribution in [3.63, 3.8) is 0 Å². The van der Waals surface area contributed by atoms with Crippen molar-refractivity contribution < 1.29 is 9.90 Å². The van der Waals surface area contributed by atoms with Crippen molar-refractivity contribution in [1.29, 1.82) is 0 Å². The highest BCUT2D eigenvalue weighted by Gasteiger charge is 2.26. The van der Waals surface area contributed by atoms with Gasteiger partial charge in [-0.25, -0.2) is 0 Å². The van der Waals surface area contributed by atoms with Crippen LogP contribution in [0.2, 0.25) is 0 Å². The molecule has 3 heteroatoms. The van der Waals surface area contributed by atoms with Crippen LogP contribution >= 0.6 is 0 Å². The molecule has 1 unspecified atom stereocenters. The minimum Gasteiger partial charge on any atom is -0.480 e. The molecular formula is C18H21NO2. The Bertz CT molecular complexity index is 588. The van der Waals surface area contributed by atoms with Crippen molar-refractivity contribution in [2.75, 3.05) is 0 Å². The van der Waals surface area contributed by atoms with Gasteiger partial charge in [0.2, 0.25) is 0 Å². The van der Waals surface area contributed by atoms with E-state index in [0.717, 1.165) is 12.8 Å². The highest BCUT2D eigenvalue weighted by Crippen LogP contribution is 2.20. The summed E-state index contributed by atoms with van der Waals surface area (Å²) in [5.74, 6) is -0.943. The normalized spacial score (nSPS) is 13.6. The molecule has 0 saturated heterocycles. The summed E-state index contributed by atoms with van der Waals surface area (Å²) in [5.41, 5.74) is 8.18. The van der Waals surface area contributed by atoms with Crippen LogP contribution in [0.4, 0.5) is 0 Å². The van der Waals surface area contributed by atoms with E-state index in [1.54, 1.807) is 6.92 Å². The van der Waals surface area contributed by atoms with E-state index in [-0.39, 0.29) is 0 Å². The zero-order valence-electron chi connectivity index (χ0n) is 12.3. The second-order valence-corrected chi connectivity index (χ2v) is 5.64. The van der Waals surface area contributed by atoms with Crippen LogP contribution in [0.5, 0.6) is 0 Å². The van der Waals surface area contributed by atoms with Crippen LogP contribution in [0.3, 0.4) is 0 Å². The summed E-state index contributed by atoms with van der Waals surface area (Å²) in [6.07, 6.45) is 2.09. The van der Waals surface area contributed by atoms with Crippen molar-refractivity contribution in [1.82, 2.24) is 0 Å². The van der Waals surface area contributed by atoms with Gasteiger partial charge in [0.1, 0.15) is 5.54 Å². The summed E-state index contributed by atoms with van der Waals surface area (Å²) in [7, 11) is 0. The zero-order valence-corrected chi connectivity index (χ0v) is 12.3. The third kappa shape index (κ3) is 4.17. The maximum atomic E-state index is 10.9. The fraction of sp³-hybridized carbons (Fsp3) is 0.278. The lowest BCUT2D eigenvalue weighted by atomic mass is 9.94. The van der Waals surface area contributed by atoms with Gasteiger partial charge in [0, 0.05) is 0 Å². The molecule has 0 spiro atoms. The van der Waals surface area contributed by atoms with Crippen molar-refractivity contribution in [3.05, 3.63) is 60.2 Å². The standard InChI is InChI=1S/C18H21NO2/c1-18(19,17(20)21)13-5-6-14-9-11-16(12-10-14)15-7-3-2-4-8-15/h2-4,7-12H,5-6,13,19H2,1H3,(H,20,21). The number of carboxylic acids is 1. The minimum absolute atomic E-state index is 0.475. The lowest BCUT2D eigenvalue weighted by Crippen LogP contribution is -2.44. The molecule has 2 rings (SSSR count). The summed E-state index contributed by atoms with van der Waals surface area (Å²) < 4.78 is 0. The van der Waals surface area contributed by atoms with Gasteiger partial charge in [-0.2, -0.15) is 0 Å². The van der Waals surface area contributed by atoms with E-state index in [2.05, 4.69) is 36.4 Å². The first kappa shape index (κ1) is 15.3. The minimum atomic E-state index is -1.13. The lowest BCUT2D eigenvalue weighted by molar-refractivity contribution is -0.142. The Balaban J connectivity index is 1.93. The second kappa shape index (κ2) is 6.55. The zero-order chi connectivity index (χ0) is 15.3. The van der Waals surface area contributed by atoms with Gasteiger partial charge in [-0.15, -0.1) is 0 Å². The first-order chi connectivity index (χ1) is 9.99. The second-order valence-electron chi connectivity index (χ2n) is 5.64. The molecule has 0 heterocycles. The number of carbonyl (C=O) groups is 1. The van der Waals surface area contributed by atoms with E-state index in [9.17, 15) is 4.79 Å². The fourth-order valence-corrected chi connectivity index (χ4v) is 2.26. The van der Waals surface area contributed by atoms with Gasteiger partial charge in [0.25, 0.3) is 0 Å². The van der Waals surface area contributed by atoms with Crippen LogP contribution in [-0.2, 0) is 11.2 Å². The van der Waals surface area contributed by atoms with E-state index in [1.165, 1.54) is 16.7 Å². The summed E-state index contributed by atoms with van der Waals surface area (Å²) in [4.78, 5) is 10.9. The summed E-state index contributed by atoms with van der Waals surface area (Å²) in [6, 6.07) is 18.6. The monoisotopic (exact) mass is 283 g/mol. The molecule has 0 aliphatic heterocycles. The Morgan fingerprint density at radius 3 is 2.19 bits per heavy atom. The number of nitrogens with two attached hydrogens (primary N) is 1. The Kier molecular flexibility index (Phi) is 4.76. The molecule has 0 radical (unpaired) electrons. The largest absolute Gasteiger partial charge is 0.480 e. The Labute approximate surface area is 125 Å². The Morgan fingerprint density at radius 2 is 1.62 bits per heavy atom. The summed E-state index contributed by atoms with van der Waals surface area (Å²) in [6.45, 7) is 1.56. The number of aliphatic carboxylic acids is 1. The maximum absolute atomic E-state index is 10.9. The van der Waals surface area contributed by atoms with Crippen LogP contribution in [0, 0.1) is 0 Å². The molecule has 1 atom stereocenters. The number of hydrogen-bond donors (Lipinski definition) is 2. The smallest absolute Gasteiger partial charge is 0.323 e. The first-order valence-electron chi connectivity index (χ1n) is 7.16. The van der Waals surface area contributed by atoms with Crippen LogP contribution < -0.4 is 5.73 Å². The van der Waals surface area contributed by atoms with E-state index in [1.807, 2.05) is 18.2 Å². The van der Waals surface area contributed by atoms with Gasteiger partial charge >= 0.3 is 5.97 Å². The van der Waals surface area contributed by atoms with Gasteiger partial charge in [-0.05, 0) is 42.9 Å². The molecule has 0 bridgehead atoms. The molecule has 2 aromatic rings. The van der Waals surface area contributed by atoms with Crippen LogP contribution in [-0.4, -0.2) is 16.6 Å². The highest BCUT2D eigenvalue weighted by atomic mass is 16.4. The van der Waals surface area contributed by atoms with E-state index in [0.29, 0.717) is 6.42 Å².